The maximum atomic E-state index is 12.3. The first-order valence-electron chi connectivity index (χ1n) is 5.98. The van der Waals surface area contributed by atoms with E-state index in [-0.39, 0.29) is 22.7 Å². The van der Waals surface area contributed by atoms with Crippen LogP contribution < -0.4 is 0 Å². The van der Waals surface area contributed by atoms with Crippen molar-refractivity contribution in [3.63, 3.8) is 0 Å². The van der Waals surface area contributed by atoms with Gasteiger partial charge in [-0.05, 0) is 19.1 Å². The van der Waals surface area contributed by atoms with E-state index >= 15 is 0 Å². The molecule has 0 saturated heterocycles. The van der Waals surface area contributed by atoms with Crippen molar-refractivity contribution in [2.24, 2.45) is 0 Å². The molecule has 0 bridgehead atoms. The highest BCUT2D eigenvalue weighted by atomic mass is 16.5. The Morgan fingerprint density at radius 2 is 1.75 bits per heavy atom. The Bertz CT molecular complexity index is 726. The largest absolute Gasteiger partial charge is 0.478 e. The van der Waals surface area contributed by atoms with Crippen LogP contribution in [0.2, 0.25) is 0 Å². The molecule has 1 atom stereocenters. The second kappa shape index (κ2) is 3.90. The van der Waals surface area contributed by atoms with E-state index in [4.69, 9.17) is 9.84 Å². The fraction of sp³-hybridized carbons (Fsp3) is 0.133. The van der Waals surface area contributed by atoms with Crippen molar-refractivity contribution in [2.45, 2.75) is 12.5 Å². The van der Waals surface area contributed by atoms with Gasteiger partial charge >= 0.3 is 5.97 Å². The predicted octanol–water partition coefficient (Wildman–Crippen LogP) is 1.75. The number of ketones is 2. The van der Waals surface area contributed by atoms with E-state index in [1.165, 1.54) is 25.1 Å². The summed E-state index contributed by atoms with van der Waals surface area (Å²) in [5.74, 6) is -2.22. The number of carbonyl (C=O) groups is 3. The van der Waals surface area contributed by atoms with Gasteiger partial charge < -0.3 is 9.84 Å². The van der Waals surface area contributed by atoms with Crippen molar-refractivity contribution >= 4 is 17.5 Å². The number of carboxylic acids is 1. The molecule has 0 saturated carbocycles. The summed E-state index contributed by atoms with van der Waals surface area (Å²) < 4.78 is 5.30. The summed E-state index contributed by atoms with van der Waals surface area (Å²) in [5.41, 5.74) is -0.990. The van der Waals surface area contributed by atoms with Gasteiger partial charge in [-0.15, -0.1) is 0 Å². The Kier molecular flexibility index (Phi) is 2.41. The van der Waals surface area contributed by atoms with Crippen molar-refractivity contribution in [1.82, 2.24) is 0 Å². The normalized spacial score (nSPS) is 24.1. The number of fused-ring (bicyclic) bond motifs is 1. The van der Waals surface area contributed by atoms with Crippen LogP contribution in [0.1, 0.15) is 27.6 Å². The van der Waals surface area contributed by atoms with Crippen LogP contribution in [0, 0.1) is 0 Å². The molecule has 1 N–H and O–H groups in total. The van der Waals surface area contributed by atoms with Crippen molar-refractivity contribution in [3.8, 4) is 0 Å². The second-order valence-electron chi connectivity index (χ2n) is 4.79. The fourth-order valence-corrected chi connectivity index (χ4v) is 2.23. The molecule has 0 fully saturated rings. The molecule has 5 nitrogen and oxygen atoms in total. The van der Waals surface area contributed by atoms with E-state index in [0.717, 1.165) is 0 Å². The van der Waals surface area contributed by atoms with E-state index < -0.39 is 17.4 Å². The van der Waals surface area contributed by atoms with Gasteiger partial charge in [-0.3, -0.25) is 9.59 Å². The number of carbonyl (C=O) groups excluding carboxylic acids is 2. The average molecular weight is 270 g/mol. The maximum Gasteiger partial charge on any atom is 0.351 e. The Hall–Kier alpha value is -2.69. The van der Waals surface area contributed by atoms with Gasteiger partial charge in [0.25, 0.3) is 0 Å². The average Bonchev–Trinajstić information content (AvgIpc) is 2.44. The van der Waals surface area contributed by atoms with Crippen LogP contribution in [-0.2, 0) is 9.53 Å². The Balaban J connectivity index is 2.15. The summed E-state index contributed by atoms with van der Waals surface area (Å²) >= 11 is 0. The third-order valence-corrected chi connectivity index (χ3v) is 3.42. The molecule has 1 unspecified atom stereocenters. The molecule has 1 heterocycles. The maximum absolute atomic E-state index is 12.3. The molecule has 0 radical (unpaired) electrons. The lowest BCUT2D eigenvalue weighted by Gasteiger charge is -2.30. The van der Waals surface area contributed by atoms with Gasteiger partial charge in [0.1, 0.15) is 0 Å². The van der Waals surface area contributed by atoms with Gasteiger partial charge in [-0.2, -0.15) is 0 Å². The van der Waals surface area contributed by atoms with E-state index in [0.29, 0.717) is 5.56 Å². The number of hydrogen-bond acceptors (Lipinski definition) is 4. The lowest BCUT2D eigenvalue weighted by Crippen LogP contribution is -2.41. The summed E-state index contributed by atoms with van der Waals surface area (Å²) in [6, 6.07) is 6.41. The SMILES string of the molecule is CC1(C(=O)O)C=CC2=C(O1)C(=O)c1ccccc1C2=O. The molecule has 1 aromatic rings. The van der Waals surface area contributed by atoms with E-state index in [1.807, 2.05) is 0 Å². The quantitative estimate of drug-likeness (QED) is 0.840. The summed E-state index contributed by atoms with van der Waals surface area (Å²) in [6.07, 6.45) is 2.62. The first-order chi connectivity index (χ1) is 9.44. The molecule has 1 aromatic carbocycles. The zero-order valence-corrected chi connectivity index (χ0v) is 10.5. The molecular formula is C15H10O5. The number of rotatable bonds is 1. The summed E-state index contributed by atoms with van der Waals surface area (Å²) in [7, 11) is 0. The van der Waals surface area contributed by atoms with Gasteiger partial charge in [0.05, 0.1) is 5.57 Å². The molecule has 0 aromatic heterocycles. The van der Waals surface area contributed by atoms with Crippen LogP contribution in [0.3, 0.4) is 0 Å². The molecule has 3 rings (SSSR count). The smallest absolute Gasteiger partial charge is 0.351 e. The van der Waals surface area contributed by atoms with Crippen LogP contribution in [0.5, 0.6) is 0 Å². The van der Waals surface area contributed by atoms with Crippen molar-refractivity contribution in [1.29, 1.82) is 0 Å². The Morgan fingerprint density at radius 1 is 1.15 bits per heavy atom. The van der Waals surface area contributed by atoms with Crippen molar-refractivity contribution in [2.75, 3.05) is 0 Å². The number of hydrogen-bond donors (Lipinski definition) is 1. The van der Waals surface area contributed by atoms with E-state index in [2.05, 4.69) is 0 Å². The van der Waals surface area contributed by atoms with Crippen LogP contribution in [0.15, 0.2) is 47.7 Å². The number of ether oxygens (including phenoxy) is 1. The third kappa shape index (κ3) is 1.53. The second-order valence-corrected chi connectivity index (χ2v) is 4.79. The van der Waals surface area contributed by atoms with Gasteiger partial charge in [0, 0.05) is 11.1 Å². The minimum absolute atomic E-state index is 0.104. The van der Waals surface area contributed by atoms with Crippen LogP contribution >= 0.6 is 0 Å². The van der Waals surface area contributed by atoms with Gasteiger partial charge in [0.2, 0.25) is 11.4 Å². The standard InChI is InChI=1S/C15H10O5/c1-15(14(18)19)7-6-10-11(16)8-4-2-3-5-9(8)12(17)13(10)20-15/h2-7H,1H3,(H,18,19). The van der Waals surface area contributed by atoms with Crippen LogP contribution in [0.4, 0.5) is 0 Å². The fourth-order valence-electron chi connectivity index (χ4n) is 2.23. The minimum Gasteiger partial charge on any atom is -0.478 e. The number of benzene rings is 1. The Labute approximate surface area is 114 Å². The highest BCUT2D eigenvalue weighted by Crippen LogP contribution is 2.34. The third-order valence-electron chi connectivity index (χ3n) is 3.42. The van der Waals surface area contributed by atoms with Crippen molar-refractivity contribution < 1.29 is 24.2 Å². The molecule has 0 amide bonds. The topological polar surface area (TPSA) is 80.7 Å². The number of Topliss-reactive ketones (excluding diaryl/α,β-unsaturated/α-hetero) is 2. The minimum atomic E-state index is -1.64. The summed E-state index contributed by atoms with van der Waals surface area (Å²) in [4.78, 5) is 35.8. The molecule has 2 aliphatic rings. The van der Waals surface area contributed by atoms with Gasteiger partial charge in [0.15, 0.2) is 11.5 Å². The highest BCUT2D eigenvalue weighted by Gasteiger charge is 2.42. The Morgan fingerprint density at radius 3 is 2.35 bits per heavy atom. The summed E-state index contributed by atoms with van der Waals surface area (Å²) in [6.45, 7) is 1.33. The number of carboxylic acid groups (broad SMARTS) is 1. The molecule has 100 valence electrons. The number of allylic oxidation sites excluding steroid dienone is 3. The molecular weight excluding hydrogens is 260 g/mol. The van der Waals surface area contributed by atoms with Gasteiger partial charge in [-0.1, -0.05) is 24.3 Å². The van der Waals surface area contributed by atoms with E-state index in [1.54, 1.807) is 18.2 Å². The monoisotopic (exact) mass is 270 g/mol. The molecule has 5 heteroatoms. The molecule has 1 aliphatic carbocycles. The highest BCUT2D eigenvalue weighted by molar-refractivity contribution is 6.27. The molecule has 20 heavy (non-hydrogen) atoms. The predicted molar refractivity (Wildman–Crippen MR) is 68.4 cm³/mol. The van der Waals surface area contributed by atoms with E-state index in [9.17, 15) is 14.4 Å². The van der Waals surface area contributed by atoms with Crippen molar-refractivity contribution in [3.05, 3.63) is 58.9 Å². The first-order valence-corrected chi connectivity index (χ1v) is 5.98. The zero-order valence-electron chi connectivity index (χ0n) is 10.5. The van der Waals surface area contributed by atoms with Crippen LogP contribution in [-0.4, -0.2) is 28.2 Å². The lowest BCUT2D eigenvalue weighted by molar-refractivity contribution is -0.153. The lowest BCUT2D eigenvalue weighted by atomic mass is 9.85. The number of aliphatic carboxylic acids is 1. The van der Waals surface area contributed by atoms with Gasteiger partial charge in [-0.25, -0.2) is 4.79 Å². The molecule has 1 aliphatic heterocycles. The van der Waals surface area contributed by atoms with Crippen LogP contribution in [0.25, 0.3) is 0 Å². The molecule has 0 spiro atoms. The first kappa shape index (κ1) is 12.3. The summed E-state index contributed by atoms with van der Waals surface area (Å²) in [5, 5.41) is 9.14. The zero-order chi connectivity index (χ0) is 14.5.